The van der Waals surface area contributed by atoms with Gasteiger partial charge in [0.05, 0.1) is 16.8 Å². The van der Waals surface area contributed by atoms with Crippen molar-refractivity contribution in [2.24, 2.45) is 0 Å². The molecule has 8 heteroatoms. The zero-order valence-corrected chi connectivity index (χ0v) is 13.3. The molecule has 0 radical (unpaired) electrons. The van der Waals surface area contributed by atoms with Gasteiger partial charge in [-0.05, 0) is 24.6 Å². The number of halogens is 2. The Bertz CT molecular complexity index is 568. The summed E-state index contributed by atoms with van der Waals surface area (Å²) in [6.45, 7) is 0.908. The van der Waals surface area contributed by atoms with Gasteiger partial charge in [0.25, 0.3) is 0 Å². The third-order valence-corrected chi connectivity index (χ3v) is 3.84. The molecule has 6 nitrogen and oxygen atoms in total. The van der Waals surface area contributed by atoms with Crippen LogP contribution in [0.5, 0.6) is 0 Å². The molecule has 1 aliphatic heterocycles. The van der Waals surface area contributed by atoms with Crippen molar-refractivity contribution in [3.63, 3.8) is 0 Å². The first-order valence-corrected chi connectivity index (χ1v) is 7.67. The van der Waals surface area contributed by atoms with Gasteiger partial charge in [0, 0.05) is 31.1 Å². The smallest absolute Gasteiger partial charge is 0.319 e. The van der Waals surface area contributed by atoms with Crippen molar-refractivity contribution in [2.45, 2.75) is 18.9 Å². The highest BCUT2D eigenvalue weighted by molar-refractivity contribution is 6.35. The Balaban J connectivity index is 1.77. The molecule has 0 saturated carbocycles. The number of carbonyl (C=O) groups is 2. The SMILES string of the molecule is O=C(NCC(O)CN1CCCC1=O)Nc1cc(Cl)ccc1Cl. The topological polar surface area (TPSA) is 81.7 Å². The molecule has 1 aromatic carbocycles. The van der Waals surface area contributed by atoms with Crippen molar-refractivity contribution >= 4 is 40.8 Å². The number of benzene rings is 1. The first-order valence-electron chi connectivity index (χ1n) is 6.91. The minimum atomic E-state index is -0.817. The number of β-amino-alcohol motifs (C(OH)–C–C–N with tert-alkyl or cyclic N) is 1. The van der Waals surface area contributed by atoms with E-state index in [9.17, 15) is 14.7 Å². The van der Waals surface area contributed by atoms with E-state index in [0.29, 0.717) is 28.7 Å². The van der Waals surface area contributed by atoms with Crippen molar-refractivity contribution < 1.29 is 14.7 Å². The summed E-state index contributed by atoms with van der Waals surface area (Å²) < 4.78 is 0. The van der Waals surface area contributed by atoms with Gasteiger partial charge in [0.15, 0.2) is 0 Å². The highest BCUT2D eigenvalue weighted by atomic mass is 35.5. The number of rotatable bonds is 5. The fraction of sp³-hybridized carbons (Fsp3) is 0.429. The molecule has 120 valence electrons. The molecular weight excluding hydrogens is 329 g/mol. The summed E-state index contributed by atoms with van der Waals surface area (Å²) in [7, 11) is 0. The van der Waals surface area contributed by atoms with E-state index in [4.69, 9.17) is 23.2 Å². The molecule has 1 unspecified atom stereocenters. The van der Waals surface area contributed by atoms with Crippen molar-refractivity contribution in [3.05, 3.63) is 28.2 Å². The van der Waals surface area contributed by atoms with Gasteiger partial charge in [0.1, 0.15) is 0 Å². The molecule has 1 aliphatic rings. The molecule has 1 atom stereocenters. The van der Waals surface area contributed by atoms with E-state index in [1.165, 1.54) is 6.07 Å². The molecule has 3 N–H and O–H groups in total. The van der Waals surface area contributed by atoms with Crippen LogP contribution in [0.3, 0.4) is 0 Å². The number of hydrogen-bond acceptors (Lipinski definition) is 3. The molecule has 2 rings (SSSR count). The molecule has 1 aromatic rings. The van der Waals surface area contributed by atoms with Gasteiger partial charge in [-0.2, -0.15) is 0 Å². The molecule has 22 heavy (non-hydrogen) atoms. The second-order valence-corrected chi connectivity index (χ2v) is 5.90. The van der Waals surface area contributed by atoms with Crippen molar-refractivity contribution in [2.75, 3.05) is 25.0 Å². The third kappa shape index (κ3) is 4.76. The average Bonchev–Trinajstić information content (AvgIpc) is 2.86. The molecular formula is C14H17Cl2N3O3. The maximum absolute atomic E-state index is 11.8. The van der Waals surface area contributed by atoms with Crippen LogP contribution in [0.1, 0.15) is 12.8 Å². The van der Waals surface area contributed by atoms with E-state index in [-0.39, 0.29) is 19.0 Å². The minimum absolute atomic E-state index is 0.0355. The van der Waals surface area contributed by atoms with Gasteiger partial charge < -0.3 is 20.6 Å². The standard InChI is InChI=1S/C14H17Cl2N3O3/c15-9-3-4-11(16)12(6-9)18-14(22)17-7-10(20)8-19-5-1-2-13(19)21/h3-4,6,10,20H,1-2,5,7-8H2,(H2,17,18,22). The van der Waals surface area contributed by atoms with Crippen LogP contribution in [-0.2, 0) is 4.79 Å². The van der Waals surface area contributed by atoms with Crippen LogP contribution in [-0.4, -0.2) is 47.7 Å². The zero-order valence-electron chi connectivity index (χ0n) is 11.8. The maximum atomic E-state index is 11.8. The summed E-state index contributed by atoms with van der Waals surface area (Å²) in [4.78, 5) is 24.8. The highest BCUT2D eigenvalue weighted by Gasteiger charge is 2.22. The van der Waals surface area contributed by atoms with Crippen LogP contribution < -0.4 is 10.6 Å². The Morgan fingerprint density at radius 2 is 2.18 bits per heavy atom. The number of nitrogens with zero attached hydrogens (tertiary/aromatic N) is 1. The van der Waals surface area contributed by atoms with Crippen molar-refractivity contribution in [1.82, 2.24) is 10.2 Å². The number of hydrogen-bond donors (Lipinski definition) is 3. The Hall–Kier alpha value is -1.50. The lowest BCUT2D eigenvalue weighted by atomic mass is 10.3. The molecule has 1 fully saturated rings. The van der Waals surface area contributed by atoms with E-state index in [2.05, 4.69) is 10.6 Å². The maximum Gasteiger partial charge on any atom is 0.319 e. The summed E-state index contributed by atoms with van der Waals surface area (Å²) in [5, 5.41) is 15.7. The number of urea groups is 1. The first kappa shape index (κ1) is 16.9. The lowest BCUT2D eigenvalue weighted by Gasteiger charge is -2.20. The second-order valence-electron chi connectivity index (χ2n) is 5.06. The average molecular weight is 346 g/mol. The Labute approximate surface area is 138 Å². The minimum Gasteiger partial charge on any atom is -0.389 e. The second kappa shape index (κ2) is 7.67. The summed E-state index contributed by atoms with van der Waals surface area (Å²) in [6.07, 6.45) is 0.517. The van der Waals surface area contributed by atoms with Gasteiger partial charge in [-0.25, -0.2) is 4.79 Å². The first-order chi connectivity index (χ1) is 10.5. The van der Waals surface area contributed by atoms with Gasteiger partial charge in [-0.15, -0.1) is 0 Å². The van der Waals surface area contributed by atoms with E-state index >= 15 is 0 Å². The van der Waals surface area contributed by atoms with Gasteiger partial charge >= 0.3 is 6.03 Å². The van der Waals surface area contributed by atoms with Crippen LogP contribution in [0.4, 0.5) is 10.5 Å². The molecule has 3 amide bonds. The monoisotopic (exact) mass is 345 g/mol. The molecule has 0 bridgehead atoms. The quantitative estimate of drug-likeness (QED) is 0.764. The number of carbonyl (C=O) groups excluding carboxylic acids is 2. The van der Waals surface area contributed by atoms with Gasteiger partial charge in [0.2, 0.25) is 5.91 Å². The van der Waals surface area contributed by atoms with Crippen LogP contribution >= 0.6 is 23.2 Å². The summed E-state index contributed by atoms with van der Waals surface area (Å²) in [6, 6.07) is 4.22. The lowest BCUT2D eigenvalue weighted by molar-refractivity contribution is -0.128. The molecule has 0 aromatic heterocycles. The number of likely N-dealkylation sites (tertiary alicyclic amines) is 1. The number of aliphatic hydroxyl groups excluding tert-OH is 1. The normalized spacial score (nSPS) is 15.8. The van der Waals surface area contributed by atoms with E-state index < -0.39 is 12.1 Å². The molecule has 0 aliphatic carbocycles. The number of amides is 3. The molecule has 1 saturated heterocycles. The van der Waals surface area contributed by atoms with Crippen molar-refractivity contribution in [3.8, 4) is 0 Å². The van der Waals surface area contributed by atoms with Gasteiger partial charge in [-0.1, -0.05) is 23.2 Å². The Morgan fingerprint density at radius 3 is 2.86 bits per heavy atom. The predicted molar refractivity (Wildman–Crippen MR) is 85.3 cm³/mol. The molecule has 1 heterocycles. The summed E-state index contributed by atoms with van der Waals surface area (Å²) in [5.74, 6) is 0.0363. The fourth-order valence-electron chi connectivity index (χ4n) is 2.19. The largest absolute Gasteiger partial charge is 0.389 e. The molecule has 0 spiro atoms. The third-order valence-electron chi connectivity index (χ3n) is 3.28. The van der Waals surface area contributed by atoms with E-state index in [1.807, 2.05) is 0 Å². The number of anilines is 1. The van der Waals surface area contributed by atoms with Crippen LogP contribution in [0.2, 0.25) is 10.0 Å². The summed E-state index contributed by atoms with van der Waals surface area (Å²) >= 11 is 11.8. The Kier molecular flexibility index (Phi) is 5.88. The lowest BCUT2D eigenvalue weighted by Crippen LogP contribution is -2.41. The predicted octanol–water partition coefficient (Wildman–Crippen LogP) is 2.10. The number of nitrogens with one attached hydrogen (secondary N) is 2. The highest BCUT2D eigenvalue weighted by Crippen LogP contribution is 2.25. The van der Waals surface area contributed by atoms with E-state index in [0.717, 1.165) is 6.42 Å². The van der Waals surface area contributed by atoms with E-state index in [1.54, 1.807) is 17.0 Å². The Morgan fingerprint density at radius 1 is 1.41 bits per heavy atom. The van der Waals surface area contributed by atoms with Crippen LogP contribution in [0.25, 0.3) is 0 Å². The van der Waals surface area contributed by atoms with Crippen LogP contribution in [0, 0.1) is 0 Å². The van der Waals surface area contributed by atoms with Crippen LogP contribution in [0.15, 0.2) is 18.2 Å². The van der Waals surface area contributed by atoms with Gasteiger partial charge in [-0.3, -0.25) is 4.79 Å². The fourth-order valence-corrected chi connectivity index (χ4v) is 2.52. The summed E-state index contributed by atoms with van der Waals surface area (Å²) in [5.41, 5.74) is 0.385. The number of aliphatic hydroxyl groups is 1. The van der Waals surface area contributed by atoms with Crippen molar-refractivity contribution in [1.29, 1.82) is 0 Å². The zero-order chi connectivity index (χ0) is 16.1.